The molecule has 236 valence electrons. The summed E-state index contributed by atoms with van der Waals surface area (Å²) in [6.07, 6.45) is -6.39. The Balaban J connectivity index is 1.49. The summed E-state index contributed by atoms with van der Waals surface area (Å²) in [6, 6.07) is 29.8. The maximum Gasteiger partial charge on any atom is 0.338 e. The summed E-state index contributed by atoms with van der Waals surface area (Å²) >= 11 is 0. The fourth-order valence-corrected chi connectivity index (χ4v) is 4.76. The topological polar surface area (TPSA) is 150 Å². The number of hydrogen-bond acceptors (Lipinski definition) is 11. The summed E-state index contributed by atoms with van der Waals surface area (Å²) < 4.78 is 35.4. The number of rotatable bonds is 11. The fourth-order valence-electron chi connectivity index (χ4n) is 4.76. The molecule has 0 amide bonds. The molecule has 12 heteroatoms. The van der Waals surface area contributed by atoms with E-state index in [1.807, 2.05) is 0 Å². The number of nitrogens with zero attached hydrogens (tertiary/aromatic N) is 1. The molecular weight excluding hydrogens is 598 g/mol. The molecule has 0 saturated carbocycles. The van der Waals surface area contributed by atoms with Crippen molar-refractivity contribution in [3.05, 3.63) is 142 Å². The molecule has 5 rings (SSSR count). The molecule has 1 saturated heterocycles. The third-order valence-electron chi connectivity index (χ3n) is 7.06. The van der Waals surface area contributed by atoms with E-state index in [1.165, 1.54) is 31.4 Å². The molecule has 4 aromatic carbocycles. The third-order valence-corrected chi connectivity index (χ3v) is 7.06. The highest BCUT2D eigenvalue weighted by Crippen LogP contribution is 2.32. The number of benzene rings is 4. The Morgan fingerprint density at radius 3 is 1.63 bits per heavy atom. The Hall–Kier alpha value is -5.59. The smallest absolute Gasteiger partial charge is 0.338 e. The van der Waals surface area contributed by atoms with Crippen LogP contribution in [0.15, 0.2) is 115 Å². The summed E-state index contributed by atoms with van der Waals surface area (Å²) in [5.74, 6) is -1.99. The molecule has 0 aromatic heterocycles. The first-order valence-electron chi connectivity index (χ1n) is 14.2. The molecule has 1 heterocycles. The lowest BCUT2D eigenvalue weighted by molar-refractivity contribution is -0.384. The molecule has 4 aromatic rings. The van der Waals surface area contributed by atoms with E-state index in [9.17, 15) is 24.5 Å². The van der Waals surface area contributed by atoms with Crippen LogP contribution >= 0.6 is 0 Å². The van der Waals surface area contributed by atoms with Crippen LogP contribution in [0.25, 0.3) is 0 Å². The Kier molecular flexibility index (Phi) is 10.3. The maximum atomic E-state index is 13.4. The second kappa shape index (κ2) is 14.9. The van der Waals surface area contributed by atoms with Crippen LogP contribution in [0.4, 0.5) is 5.69 Å². The Bertz CT molecular complexity index is 1630. The van der Waals surface area contributed by atoms with Crippen molar-refractivity contribution in [1.82, 2.24) is 0 Å². The number of carbonyl (C=O) groups is 3. The van der Waals surface area contributed by atoms with E-state index < -0.39 is 60.1 Å². The van der Waals surface area contributed by atoms with E-state index in [4.69, 9.17) is 28.4 Å². The maximum absolute atomic E-state index is 13.4. The number of non-ortho nitro benzene ring substituents is 1. The molecule has 0 N–H and O–H groups in total. The van der Waals surface area contributed by atoms with E-state index in [0.717, 1.165) is 0 Å². The van der Waals surface area contributed by atoms with Gasteiger partial charge in [-0.25, -0.2) is 14.4 Å². The van der Waals surface area contributed by atoms with Crippen molar-refractivity contribution in [1.29, 1.82) is 0 Å². The van der Waals surface area contributed by atoms with Crippen LogP contribution in [0.2, 0.25) is 0 Å². The monoisotopic (exact) mass is 627 g/mol. The minimum Gasteiger partial charge on any atom is -0.462 e. The first-order chi connectivity index (χ1) is 22.3. The van der Waals surface area contributed by atoms with Gasteiger partial charge in [-0.3, -0.25) is 10.1 Å². The Morgan fingerprint density at radius 2 is 1.15 bits per heavy atom. The largest absolute Gasteiger partial charge is 0.462 e. The SMILES string of the molecule is CO[C@H]1[C@@H](Oc2ccc([N+](=O)[O-])cc2)O[C@H](COC(=O)c2ccccc2)[C@@H](OC(=O)c2ccccc2)[C@@H]1OC(=O)c1ccccc1. The summed E-state index contributed by atoms with van der Waals surface area (Å²) in [5, 5.41) is 11.2. The quantitative estimate of drug-likeness (QED) is 0.0954. The summed E-state index contributed by atoms with van der Waals surface area (Å²) in [6.45, 7) is -0.434. The van der Waals surface area contributed by atoms with Crippen molar-refractivity contribution in [3.63, 3.8) is 0 Å². The Morgan fingerprint density at radius 1 is 0.674 bits per heavy atom. The summed E-state index contributed by atoms with van der Waals surface area (Å²) in [4.78, 5) is 50.1. The molecule has 12 nitrogen and oxygen atoms in total. The molecule has 0 radical (unpaired) electrons. The van der Waals surface area contributed by atoms with E-state index in [0.29, 0.717) is 0 Å². The average molecular weight is 628 g/mol. The molecule has 0 unspecified atom stereocenters. The molecule has 0 aliphatic carbocycles. The van der Waals surface area contributed by atoms with Crippen LogP contribution in [0.1, 0.15) is 31.1 Å². The van der Waals surface area contributed by atoms with E-state index in [1.54, 1.807) is 91.0 Å². The van der Waals surface area contributed by atoms with Gasteiger partial charge in [-0.05, 0) is 48.5 Å². The van der Waals surface area contributed by atoms with Gasteiger partial charge < -0.3 is 28.4 Å². The van der Waals surface area contributed by atoms with Gasteiger partial charge in [0.25, 0.3) is 5.69 Å². The lowest BCUT2D eigenvalue weighted by Crippen LogP contribution is -2.63. The molecule has 1 fully saturated rings. The molecule has 5 atom stereocenters. The summed E-state index contributed by atoms with van der Waals surface area (Å²) in [7, 11) is 1.33. The number of carbonyl (C=O) groups excluding carboxylic acids is 3. The molecular formula is C34H29NO11. The van der Waals surface area contributed by atoms with Gasteiger partial charge >= 0.3 is 17.9 Å². The highest BCUT2D eigenvalue weighted by atomic mass is 16.7. The van der Waals surface area contributed by atoms with Crippen LogP contribution < -0.4 is 4.74 Å². The van der Waals surface area contributed by atoms with Crippen molar-refractivity contribution >= 4 is 23.6 Å². The first kappa shape index (κ1) is 31.8. The number of esters is 3. The predicted molar refractivity (Wildman–Crippen MR) is 161 cm³/mol. The molecule has 0 spiro atoms. The minimum absolute atomic E-state index is 0.159. The molecule has 1 aliphatic rings. The lowest BCUT2D eigenvalue weighted by atomic mass is 9.97. The van der Waals surface area contributed by atoms with Crippen LogP contribution in [-0.4, -0.2) is 67.3 Å². The molecule has 1 aliphatic heterocycles. The molecule has 0 bridgehead atoms. The number of nitro groups is 1. The number of methoxy groups -OCH3 is 1. The van der Waals surface area contributed by atoms with Crippen molar-refractivity contribution in [3.8, 4) is 5.75 Å². The van der Waals surface area contributed by atoms with Gasteiger partial charge in [0.15, 0.2) is 18.3 Å². The summed E-state index contributed by atoms with van der Waals surface area (Å²) in [5.41, 5.74) is 0.552. The standard InChI is InChI=1S/C34H29NO11/c1-41-30-29(46-33(38)24-15-9-4-10-16-24)28(45-32(37)23-13-7-3-8-14-23)27(21-42-31(36)22-11-5-2-6-12-22)44-34(30)43-26-19-17-25(18-20-26)35(39)40/h2-20,27-30,34H,21H2,1H3/t27-,28-,29+,30-,34+/m1/s1. The van der Waals surface area contributed by atoms with Gasteiger partial charge in [-0.1, -0.05) is 54.6 Å². The number of nitro benzene ring substituents is 1. The van der Waals surface area contributed by atoms with Gasteiger partial charge in [0.05, 0.1) is 21.6 Å². The van der Waals surface area contributed by atoms with Crippen molar-refractivity contribution < 1.29 is 47.7 Å². The number of hydrogen-bond donors (Lipinski definition) is 0. The Labute approximate surface area is 263 Å². The van der Waals surface area contributed by atoms with E-state index in [2.05, 4.69) is 0 Å². The predicted octanol–water partition coefficient (Wildman–Crippen LogP) is 5.02. The van der Waals surface area contributed by atoms with Crippen LogP contribution in [0.5, 0.6) is 5.75 Å². The van der Waals surface area contributed by atoms with Crippen molar-refractivity contribution in [2.24, 2.45) is 0 Å². The van der Waals surface area contributed by atoms with Crippen LogP contribution in [-0.2, 0) is 23.7 Å². The van der Waals surface area contributed by atoms with Crippen LogP contribution in [0.3, 0.4) is 0 Å². The highest BCUT2D eigenvalue weighted by Gasteiger charge is 2.52. The minimum atomic E-state index is -1.34. The first-order valence-corrected chi connectivity index (χ1v) is 14.2. The zero-order chi connectivity index (χ0) is 32.5. The van der Waals surface area contributed by atoms with Gasteiger partial charge in [-0.15, -0.1) is 0 Å². The zero-order valence-corrected chi connectivity index (χ0v) is 24.5. The van der Waals surface area contributed by atoms with Gasteiger partial charge in [0.1, 0.15) is 18.5 Å². The second-order valence-corrected chi connectivity index (χ2v) is 10.0. The lowest BCUT2D eigenvalue weighted by Gasteiger charge is -2.44. The second-order valence-electron chi connectivity index (χ2n) is 10.0. The zero-order valence-electron chi connectivity index (χ0n) is 24.5. The van der Waals surface area contributed by atoms with Crippen molar-refractivity contribution in [2.45, 2.75) is 30.7 Å². The van der Waals surface area contributed by atoms with Gasteiger partial charge in [-0.2, -0.15) is 0 Å². The van der Waals surface area contributed by atoms with E-state index in [-0.39, 0.29) is 28.1 Å². The average Bonchev–Trinajstić information content (AvgIpc) is 3.09. The van der Waals surface area contributed by atoms with Crippen molar-refractivity contribution in [2.75, 3.05) is 13.7 Å². The van der Waals surface area contributed by atoms with Crippen LogP contribution in [0, 0.1) is 10.1 Å². The molecule has 46 heavy (non-hydrogen) atoms. The van der Waals surface area contributed by atoms with Gasteiger partial charge in [0.2, 0.25) is 6.29 Å². The van der Waals surface area contributed by atoms with Gasteiger partial charge in [0, 0.05) is 19.2 Å². The highest BCUT2D eigenvalue weighted by molar-refractivity contribution is 5.91. The number of ether oxygens (including phenoxy) is 6. The third kappa shape index (κ3) is 7.73. The van der Waals surface area contributed by atoms with E-state index >= 15 is 0 Å². The normalized spacial score (nSPS) is 20.6. The fraction of sp³-hybridized carbons (Fsp3) is 0.206.